The summed E-state index contributed by atoms with van der Waals surface area (Å²) in [6.45, 7) is 2.93. The normalized spacial score (nSPS) is 14.9. The maximum Gasteiger partial charge on any atom is 0.244 e. The lowest BCUT2D eigenvalue weighted by Gasteiger charge is -2.32. The molecule has 11 heteroatoms. The summed E-state index contributed by atoms with van der Waals surface area (Å²) in [6.07, 6.45) is 4.93. The number of sulfonamides is 1. The van der Waals surface area contributed by atoms with Crippen LogP contribution in [0.25, 0.3) is 0 Å². The fourth-order valence-electron chi connectivity index (χ4n) is 4.23. The number of hydrogen-bond acceptors (Lipinski definition) is 4. The summed E-state index contributed by atoms with van der Waals surface area (Å²) in [4.78, 5) is 28.1. The van der Waals surface area contributed by atoms with Gasteiger partial charge in [0.2, 0.25) is 21.8 Å². The Kier molecular flexibility index (Phi) is 9.71. The van der Waals surface area contributed by atoms with Crippen LogP contribution in [-0.2, 0) is 26.2 Å². The van der Waals surface area contributed by atoms with Crippen LogP contribution >= 0.6 is 39.1 Å². The molecular formula is C25H30BrCl2N3O4S. The molecule has 0 radical (unpaired) electrons. The van der Waals surface area contributed by atoms with Crippen LogP contribution in [0.15, 0.2) is 40.9 Å². The van der Waals surface area contributed by atoms with Crippen LogP contribution in [-0.4, -0.2) is 50.0 Å². The van der Waals surface area contributed by atoms with E-state index in [-0.39, 0.29) is 18.5 Å². The molecule has 2 aromatic carbocycles. The van der Waals surface area contributed by atoms with Crippen LogP contribution in [0.5, 0.6) is 0 Å². The van der Waals surface area contributed by atoms with E-state index in [0.717, 1.165) is 46.3 Å². The van der Waals surface area contributed by atoms with Gasteiger partial charge in [0.05, 0.1) is 11.9 Å². The lowest BCUT2D eigenvalue weighted by molar-refractivity contribution is -0.139. The number of benzene rings is 2. The van der Waals surface area contributed by atoms with E-state index in [0.29, 0.717) is 21.3 Å². The zero-order valence-electron chi connectivity index (χ0n) is 20.4. The zero-order valence-corrected chi connectivity index (χ0v) is 24.3. The van der Waals surface area contributed by atoms with Crippen molar-refractivity contribution in [2.45, 2.75) is 58.2 Å². The molecule has 1 aliphatic carbocycles. The standard InChI is InChI=1S/C25H30BrCl2N3O4S/c1-16-13-19(11-12-21(16)26)31(36(3,34)35)15-24(32)30(14-20-22(27)9-6-10-23(20)28)17(2)25(33)29-18-7-4-5-8-18/h6,9-13,17-18H,4-5,7-8,14-15H2,1-3H3,(H,29,33)/t17-/m0/s1. The van der Waals surface area contributed by atoms with Crippen LogP contribution < -0.4 is 9.62 Å². The zero-order chi connectivity index (χ0) is 26.6. The van der Waals surface area contributed by atoms with E-state index in [9.17, 15) is 18.0 Å². The Morgan fingerprint density at radius 3 is 2.31 bits per heavy atom. The van der Waals surface area contributed by atoms with Gasteiger partial charge >= 0.3 is 0 Å². The first kappa shape index (κ1) is 28.8. The Hall–Kier alpha value is -1.81. The van der Waals surface area contributed by atoms with E-state index in [1.54, 1.807) is 43.3 Å². The Balaban J connectivity index is 1.94. The van der Waals surface area contributed by atoms with E-state index >= 15 is 0 Å². The highest BCUT2D eigenvalue weighted by molar-refractivity contribution is 9.10. The Labute approximate surface area is 231 Å². The average Bonchev–Trinajstić information content (AvgIpc) is 3.31. The minimum absolute atomic E-state index is 0.0481. The van der Waals surface area contributed by atoms with Crippen LogP contribution in [0.2, 0.25) is 10.0 Å². The molecule has 3 rings (SSSR count). The molecule has 7 nitrogen and oxygen atoms in total. The number of carbonyl (C=O) groups is 2. The molecule has 0 saturated heterocycles. The summed E-state index contributed by atoms with van der Waals surface area (Å²) in [5.41, 5.74) is 1.66. The average molecular weight is 619 g/mol. The molecule has 0 bridgehead atoms. The van der Waals surface area contributed by atoms with E-state index in [2.05, 4.69) is 21.2 Å². The van der Waals surface area contributed by atoms with Gasteiger partial charge in [-0.15, -0.1) is 0 Å². The van der Waals surface area contributed by atoms with Crippen LogP contribution in [0.3, 0.4) is 0 Å². The molecule has 196 valence electrons. The predicted molar refractivity (Wildman–Crippen MR) is 148 cm³/mol. The summed E-state index contributed by atoms with van der Waals surface area (Å²) in [7, 11) is -3.81. The summed E-state index contributed by atoms with van der Waals surface area (Å²) >= 11 is 16.2. The van der Waals surface area contributed by atoms with E-state index in [1.165, 1.54) is 4.90 Å². The first-order chi connectivity index (χ1) is 16.9. The first-order valence-corrected chi connectivity index (χ1v) is 15.0. The topological polar surface area (TPSA) is 86.8 Å². The van der Waals surface area contributed by atoms with Gasteiger partial charge in [0, 0.05) is 32.7 Å². The van der Waals surface area contributed by atoms with Crippen molar-refractivity contribution in [2.75, 3.05) is 17.1 Å². The molecule has 1 fully saturated rings. The number of aryl methyl sites for hydroxylation is 1. The van der Waals surface area contributed by atoms with Crippen molar-refractivity contribution < 1.29 is 18.0 Å². The number of rotatable bonds is 9. The highest BCUT2D eigenvalue weighted by atomic mass is 79.9. The molecule has 0 heterocycles. The number of halogens is 3. The molecule has 0 spiro atoms. The lowest BCUT2D eigenvalue weighted by Crippen LogP contribution is -2.52. The van der Waals surface area contributed by atoms with E-state index < -0.39 is 28.5 Å². The van der Waals surface area contributed by atoms with Crippen molar-refractivity contribution in [1.82, 2.24) is 10.2 Å². The third kappa shape index (κ3) is 7.15. The second-order valence-corrected chi connectivity index (χ2v) is 12.7. The van der Waals surface area contributed by atoms with Crippen LogP contribution in [0.4, 0.5) is 5.69 Å². The molecule has 0 aromatic heterocycles. The Morgan fingerprint density at radius 2 is 1.75 bits per heavy atom. The highest BCUT2D eigenvalue weighted by Gasteiger charge is 2.32. The number of carbonyl (C=O) groups excluding carboxylic acids is 2. The summed E-state index contributed by atoms with van der Waals surface area (Å²) in [5, 5.41) is 3.73. The summed E-state index contributed by atoms with van der Waals surface area (Å²) in [6, 6.07) is 9.23. The van der Waals surface area contributed by atoms with Crippen molar-refractivity contribution in [3.05, 3.63) is 62.0 Å². The van der Waals surface area contributed by atoms with Crippen molar-refractivity contribution in [3.63, 3.8) is 0 Å². The van der Waals surface area contributed by atoms with Crippen molar-refractivity contribution in [1.29, 1.82) is 0 Å². The van der Waals surface area contributed by atoms with Gasteiger partial charge in [-0.1, -0.05) is 58.0 Å². The van der Waals surface area contributed by atoms with Gasteiger partial charge < -0.3 is 10.2 Å². The molecule has 0 unspecified atom stereocenters. The maximum atomic E-state index is 13.7. The predicted octanol–water partition coefficient (Wildman–Crippen LogP) is 5.31. The van der Waals surface area contributed by atoms with Crippen LogP contribution in [0, 0.1) is 6.92 Å². The number of nitrogens with zero attached hydrogens (tertiary/aromatic N) is 2. The molecule has 1 N–H and O–H groups in total. The maximum absolute atomic E-state index is 13.7. The highest BCUT2D eigenvalue weighted by Crippen LogP contribution is 2.28. The smallest absolute Gasteiger partial charge is 0.244 e. The quantitative estimate of drug-likeness (QED) is 0.413. The Morgan fingerprint density at radius 1 is 1.14 bits per heavy atom. The van der Waals surface area contributed by atoms with Crippen molar-refractivity contribution in [3.8, 4) is 0 Å². The monoisotopic (exact) mass is 617 g/mol. The second kappa shape index (κ2) is 12.2. The van der Waals surface area contributed by atoms with E-state index in [4.69, 9.17) is 23.2 Å². The van der Waals surface area contributed by atoms with Gasteiger partial charge in [-0.3, -0.25) is 13.9 Å². The minimum Gasteiger partial charge on any atom is -0.352 e. The Bertz CT molecular complexity index is 1220. The molecule has 2 aromatic rings. The van der Waals surface area contributed by atoms with Gasteiger partial charge in [0.15, 0.2) is 0 Å². The molecule has 2 amide bonds. The lowest BCUT2D eigenvalue weighted by atomic mass is 10.1. The largest absolute Gasteiger partial charge is 0.352 e. The van der Waals surface area contributed by atoms with Gasteiger partial charge in [0.1, 0.15) is 12.6 Å². The van der Waals surface area contributed by atoms with Gasteiger partial charge in [-0.25, -0.2) is 8.42 Å². The summed E-state index contributed by atoms with van der Waals surface area (Å²) < 4.78 is 27.3. The molecular weight excluding hydrogens is 589 g/mol. The number of amides is 2. The molecule has 1 saturated carbocycles. The molecule has 36 heavy (non-hydrogen) atoms. The van der Waals surface area contributed by atoms with Gasteiger partial charge in [0.25, 0.3) is 0 Å². The van der Waals surface area contributed by atoms with Gasteiger partial charge in [-0.2, -0.15) is 0 Å². The molecule has 1 atom stereocenters. The fraction of sp³-hybridized carbons (Fsp3) is 0.440. The third-order valence-electron chi connectivity index (χ3n) is 6.37. The third-order valence-corrected chi connectivity index (χ3v) is 9.11. The first-order valence-electron chi connectivity index (χ1n) is 11.6. The second-order valence-electron chi connectivity index (χ2n) is 9.09. The molecule has 0 aliphatic heterocycles. The van der Waals surface area contributed by atoms with E-state index in [1.807, 2.05) is 6.92 Å². The van der Waals surface area contributed by atoms with Crippen LogP contribution in [0.1, 0.15) is 43.7 Å². The SMILES string of the molecule is Cc1cc(N(CC(=O)N(Cc2c(Cl)cccc2Cl)[C@@H](C)C(=O)NC2CCCC2)S(C)(=O)=O)ccc1Br. The van der Waals surface area contributed by atoms with Crippen molar-refractivity contribution >= 4 is 66.7 Å². The van der Waals surface area contributed by atoms with Crippen molar-refractivity contribution in [2.24, 2.45) is 0 Å². The molecule has 1 aliphatic rings. The summed E-state index contributed by atoms with van der Waals surface area (Å²) in [5.74, 6) is -0.852. The van der Waals surface area contributed by atoms with Gasteiger partial charge in [-0.05, 0) is 62.6 Å². The number of anilines is 1. The minimum atomic E-state index is -3.81. The fourth-order valence-corrected chi connectivity index (χ4v) is 5.83. The number of nitrogens with one attached hydrogen (secondary N) is 1. The number of hydrogen-bond donors (Lipinski definition) is 1.